The fraction of sp³-hybridized carbons (Fsp3) is 0.500. The van der Waals surface area contributed by atoms with Crippen molar-refractivity contribution in [1.29, 1.82) is 0 Å². The summed E-state index contributed by atoms with van der Waals surface area (Å²) in [7, 11) is 1.48. The summed E-state index contributed by atoms with van der Waals surface area (Å²) in [6.45, 7) is -1.92. The molecule has 2 N–H and O–H groups in total. The van der Waals surface area contributed by atoms with Gasteiger partial charge in [-0.1, -0.05) is 0 Å². The Morgan fingerprint density at radius 1 is 1.65 bits per heavy atom. The molecule has 96 valence electrons. The van der Waals surface area contributed by atoms with Gasteiger partial charge >= 0.3 is 12.1 Å². The molecule has 17 heavy (non-hydrogen) atoms. The van der Waals surface area contributed by atoms with E-state index in [0.29, 0.717) is 0 Å². The first kappa shape index (κ1) is 13.1. The van der Waals surface area contributed by atoms with Crippen LogP contribution in [0.25, 0.3) is 0 Å². The van der Waals surface area contributed by atoms with Gasteiger partial charge in [0.25, 0.3) is 5.88 Å². The average molecular weight is 253 g/mol. The number of carbonyl (C=O) groups is 1. The number of rotatable bonds is 5. The molecule has 0 spiro atoms. The predicted octanol–water partition coefficient (Wildman–Crippen LogP) is 0.858. The molecule has 0 aliphatic carbocycles. The van der Waals surface area contributed by atoms with Gasteiger partial charge in [0.2, 0.25) is 0 Å². The molecule has 6 nitrogen and oxygen atoms in total. The highest BCUT2D eigenvalue weighted by atomic mass is 19.4. The first-order valence-corrected chi connectivity index (χ1v) is 4.47. The summed E-state index contributed by atoms with van der Waals surface area (Å²) in [6.07, 6.45) is -3.14. The lowest BCUT2D eigenvalue weighted by Crippen LogP contribution is -2.20. The SMILES string of the molecule is Cn1cc(NCC(=O)O)c(OCC(F)(F)F)n1. The Bertz CT molecular complexity index is 402. The second-order valence-electron chi connectivity index (χ2n) is 3.17. The largest absolute Gasteiger partial charge is 0.480 e. The minimum Gasteiger partial charge on any atom is -0.480 e. The molecule has 0 aliphatic heterocycles. The number of hydrogen-bond donors (Lipinski definition) is 2. The number of aliphatic carboxylic acids is 1. The molecule has 0 aromatic carbocycles. The van der Waals surface area contributed by atoms with Gasteiger partial charge in [-0.2, -0.15) is 13.2 Å². The molecule has 9 heteroatoms. The van der Waals surface area contributed by atoms with E-state index in [-0.39, 0.29) is 11.6 Å². The zero-order valence-corrected chi connectivity index (χ0v) is 8.78. The summed E-state index contributed by atoms with van der Waals surface area (Å²) < 4.78 is 41.4. The molecule has 0 aliphatic rings. The highest BCUT2D eigenvalue weighted by Crippen LogP contribution is 2.24. The topological polar surface area (TPSA) is 76.4 Å². The number of hydrogen-bond acceptors (Lipinski definition) is 4. The predicted molar refractivity (Wildman–Crippen MR) is 50.9 cm³/mol. The van der Waals surface area contributed by atoms with E-state index in [4.69, 9.17) is 5.11 Å². The standard InChI is InChI=1S/C8H10F3N3O3/c1-14-3-5(12-2-6(15)16)7(13-14)17-4-8(9,10)11/h3,12H,2,4H2,1H3,(H,15,16). The number of carboxylic acid groups (broad SMARTS) is 1. The Hall–Kier alpha value is -1.93. The van der Waals surface area contributed by atoms with Crippen molar-refractivity contribution in [1.82, 2.24) is 9.78 Å². The number of nitrogens with one attached hydrogen (secondary N) is 1. The van der Waals surface area contributed by atoms with Crippen molar-refractivity contribution in [3.05, 3.63) is 6.20 Å². The molecule has 0 atom stereocenters. The van der Waals surface area contributed by atoms with Gasteiger partial charge in [0.15, 0.2) is 6.61 Å². The number of anilines is 1. The Kier molecular flexibility index (Phi) is 3.81. The zero-order valence-electron chi connectivity index (χ0n) is 8.78. The normalized spacial score (nSPS) is 11.3. The third kappa shape index (κ3) is 4.62. The van der Waals surface area contributed by atoms with E-state index in [9.17, 15) is 18.0 Å². The maximum absolute atomic E-state index is 11.9. The summed E-state index contributed by atoms with van der Waals surface area (Å²) in [5.41, 5.74) is 0.0964. The second kappa shape index (κ2) is 4.93. The van der Waals surface area contributed by atoms with Gasteiger partial charge in [0.1, 0.15) is 12.2 Å². The van der Waals surface area contributed by atoms with Crippen LogP contribution in [0, 0.1) is 0 Å². The molecule has 1 rings (SSSR count). The lowest BCUT2D eigenvalue weighted by molar-refractivity contribution is -0.154. The third-order valence-corrected chi connectivity index (χ3v) is 1.60. The first-order valence-electron chi connectivity index (χ1n) is 4.47. The highest BCUT2D eigenvalue weighted by Gasteiger charge is 2.29. The van der Waals surface area contributed by atoms with Gasteiger partial charge in [0.05, 0.1) is 6.20 Å². The van der Waals surface area contributed by atoms with Gasteiger partial charge in [-0.15, -0.1) is 5.10 Å². The van der Waals surface area contributed by atoms with Gasteiger partial charge in [-0.3, -0.25) is 9.48 Å². The van der Waals surface area contributed by atoms with E-state index in [2.05, 4.69) is 15.2 Å². The maximum Gasteiger partial charge on any atom is 0.422 e. The fourth-order valence-corrected chi connectivity index (χ4v) is 1.02. The Morgan fingerprint density at radius 2 is 2.29 bits per heavy atom. The molecular weight excluding hydrogens is 243 g/mol. The number of alkyl halides is 3. The quantitative estimate of drug-likeness (QED) is 0.813. The number of aromatic nitrogens is 2. The van der Waals surface area contributed by atoms with Crippen LogP contribution in [0.2, 0.25) is 0 Å². The minimum absolute atomic E-state index is 0.0964. The molecule has 1 heterocycles. The molecule has 0 bridgehead atoms. The van der Waals surface area contributed by atoms with Crippen LogP contribution in [0.3, 0.4) is 0 Å². The minimum atomic E-state index is -4.47. The summed E-state index contributed by atoms with van der Waals surface area (Å²) in [6, 6.07) is 0. The smallest absolute Gasteiger partial charge is 0.422 e. The van der Waals surface area contributed by atoms with Crippen LogP contribution in [0.5, 0.6) is 5.88 Å². The summed E-state index contributed by atoms with van der Waals surface area (Å²) in [5, 5.41) is 14.4. The third-order valence-electron chi connectivity index (χ3n) is 1.60. The van der Waals surface area contributed by atoms with E-state index in [1.165, 1.54) is 17.9 Å². The molecule has 0 saturated heterocycles. The first-order chi connectivity index (χ1) is 7.78. The number of ether oxygens (including phenoxy) is 1. The molecule has 1 aromatic rings. The molecular formula is C8H10F3N3O3. The van der Waals surface area contributed by atoms with Crippen molar-refractivity contribution < 1.29 is 27.8 Å². The van der Waals surface area contributed by atoms with Crippen LogP contribution in [-0.2, 0) is 11.8 Å². The van der Waals surface area contributed by atoms with Crippen molar-refractivity contribution >= 4 is 11.7 Å². The molecule has 0 amide bonds. The van der Waals surface area contributed by atoms with Crippen molar-refractivity contribution in [3.63, 3.8) is 0 Å². The van der Waals surface area contributed by atoms with Gasteiger partial charge in [-0.05, 0) is 0 Å². The molecule has 0 radical (unpaired) electrons. The van der Waals surface area contributed by atoms with E-state index in [0.717, 1.165) is 0 Å². The van der Waals surface area contributed by atoms with E-state index in [1.807, 2.05) is 0 Å². The van der Waals surface area contributed by atoms with Crippen molar-refractivity contribution in [2.45, 2.75) is 6.18 Å². The second-order valence-corrected chi connectivity index (χ2v) is 3.17. The zero-order chi connectivity index (χ0) is 13.1. The number of nitrogens with zero attached hydrogens (tertiary/aromatic N) is 2. The maximum atomic E-state index is 11.9. The summed E-state index contributed by atoms with van der Waals surface area (Å²) >= 11 is 0. The summed E-state index contributed by atoms with van der Waals surface area (Å²) in [4.78, 5) is 10.3. The Labute approximate surface area is 94.0 Å². The van der Waals surface area contributed by atoms with Crippen molar-refractivity contribution in [2.75, 3.05) is 18.5 Å². The lowest BCUT2D eigenvalue weighted by atomic mass is 10.5. The average Bonchev–Trinajstić information content (AvgIpc) is 2.52. The van der Waals surface area contributed by atoms with Gasteiger partial charge < -0.3 is 15.2 Å². The highest BCUT2D eigenvalue weighted by molar-refractivity contribution is 5.73. The number of carboxylic acids is 1. The van der Waals surface area contributed by atoms with Crippen LogP contribution >= 0.6 is 0 Å². The Morgan fingerprint density at radius 3 is 2.82 bits per heavy atom. The molecule has 0 saturated carbocycles. The van der Waals surface area contributed by atoms with E-state index in [1.54, 1.807) is 0 Å². The van der Waals surface area contributed by atoms with Crippen LogP contribution in [0.1, 0.15) is 0 Å². The van der Waals surface area contributed by atoms with Gasteiger partial charge in [-0.25, -0.2) is 0 Å². The van der Waals surface area contributed by atoms with Crippen molar-refractivity contribution in [3.8, 4) is 5.88 Å². The molecule has 0 fully saturated rings. The van der Waals surface area contributed by atoms with Crippen LogP contribution < -0.4 is 10.1 Å². The van der Waals surface area contributed by atoms with E-state index < -0.39 is 25.3 Å². The van der Waals surface area contributed by atoms with E-state index >= 15 is 0 Å². The van der Waals surface area contributed by atoms with Crippen LogP contribution in [0.4, 0.5) is 18.9 Å². The molecule has 0 unspecified atom stereocenters. The summed E-state index contributed by atoms with van der Waals surface area (Å²) in [5.74, 6) is -1.43. The van der Waals surface area contributed by atoms with Crippen molar-refractivity contribution in [2.24, 2.45) is 7.05 Å². The molecule has 1 aromatic heterocycles. The Balaban J connectivity index is 2.67. The number of aryl methyl sites for hydroxylation is 1. The monoisotopic (exact) mass is 253 g/mol. The van der Waals surface area contributed by atoms with Crippen LogP contribution in [-0.4, -0.2) is 40.2 Å². The van der Waals surface area contributed by atoms with Crippen LogP contribution in [0.15, 0.2) is 6.20 Å². The number of halogens is 3. The fourth-order valence-electron chi connectivity index (χ4n) is 1.02. The van der Waals surface area contributed by atoms with Gasteiger partial charge in [0, 0.05) is 7.05 Å². The lowest BCUT2D eigenvalue weighted by Gasteiger charge is -2.08.